The fraction of sp³-hybridized carbons (Fsp3) is 0.0714. The van der Waals surface area contributed by atoms with Gasteiger partial charge in [-0.3, -0.25) is 0 Å². The van der Waals surface area contributed by atoms with Gasteiger partial charge in [0.25, 0.3) is 0 Å². The largest absolute Gasteiger partial charge is 0.323 e. The van der Waals surface area contributed by atoms with Crippen LogP contribution in [0.4, 0.5) is 0 Å². The minimum absolute atomic E-state index is 0.0362. The quantitative estimate of drug-likeness (QED) is 0.582. The lowest BCUT2D eigenvalue weighted by Crippen LogP contribution is -1.99. The number of fused-ring (bicyclic) bond motifs is 1. The standard InChI is InChI=1S/C14H9Br2ClN2O/c15-8-2-3-9(10(17)6-8)13(16)7-1-4-11-12(5-7)19-14(20)18-11/h1-6,13H,(H2,18,19,20). The summed E-state index contributed by atoms with van der Waals surface area (Å²) in [7, 11) is 0. The Morgan fingerprint density at radius 2 is 1.80 bits per heavy atom. The monoisotopic (exact) mass is 414 g/mol. The second-order valence-electron chi connectivity index (χ2n) is 4.41. The van der Waals surface area contributed by atoms with Gasteiger partial charge in [-0.25, -0.2) is 4.79 Å². The lowest BCUT2D eigenvalue weighted by atomic mass is 10.0. The van der Waals surface area contributed by atoms with Gasteiger partial charge in [-0.05, 0) is 35.4 Å². The first kappa shape index (κ1) is 13.9. The van der Waals surface area contributed by atoms with Crippen LogP contribution in [0.2, 0.25) is 5.02 Å². The van der Waals surface area contributed by atoms with E-state index in [1.54, 1.807) is 0 Å². The van der Waals surface area contributed by atoms with E-state index in [4.69, 9.17) is 11.6 Å². The second kappa shape index (κ2) is 5.39. The van der Waals surface area contributed by atoms with Gasteiger partial charge in [-0.1, -0.05) is 55.6 Å². The third kappa shape index (κ3) is 2.57. The Morgan fingerprint density at radius 3 is 2.55 bits per heavy atom. The van der Waals surface area contributed by atoms with Gasteiger partial charge >= 0.3 is 5.69 Å². The number of imidazole rings is 1. The summed E-state index contributed by atoms with van der Waals surface area (Å²) in [5.41, 5.74) is 3.37. The highest BCUT2D eigenvalue weighted by molar-refractivity contribution is 9.10. The number of benzene rings is 2. The molecule has 1 heterocycles. The molecule has 0 aliphatic carbocycles. The molecular weight excluding hydrogens is 407 g/mol. The molecular formula is C14H9Br2ClN2O. The van der Waals surface area contributed by atoms with E-state index in [1.807, 2.05) is 36.4 Å². The molecule has 0 saturated heterocycles. The van der Waals surface area contributed by atoms with Crippen molar-refractivity contribution in [2.24, 2.45) is 0 Å². The summed E-state index contributed by atoms with van der Waals surface area (Å²) in [6, 6.07) is 11.6. The van der Waals surface area contributed by atoms with E-state index >= 15 is 0 Å². The number of aromatic nitrogens is 2. The molecule has 102 valence electrons. The maximum atomic E-state index is 11.3. The van der Waals surface area contributed by atoms with Crippen molar-refractivity contribution in [3.8, 4) is 0 Å². The Kier molecular flexibility index (Phi) is 3.75. The first-order chi connectivity index (χ1) is 9.54. The summed E-state index contributed by atoms with van der Waals surface area (Å²) < 4.78 is 0.941. The van der Waals surface area contributed by atoms with Crippen LogP contribution in [0.1, 0.15) is 16.0 Å². The first-order valence-corrected chi connectivity index (χ1v) is 7.94. The molecule has 1 atom stereocenters. The number of hydrogen-bond acceptors (Lipinski definition) is 1. The van der Waals surface area contributed by atoms with E-state index in [0.717, 1.165) is 26.6 Å². The molecule has 2 N–H and O–H groups in total. The van der Waals surface area contributed by atoms with Crippen LogP contribution in [0, 0.1) is 0 Å². The highest BCUT2D eigenvalue weighted by atomic mass is 79.9. The Labute approximate surface area is 136 Å². The van der Waals surface area contributed by atoms with Crippen LogP contribution in [0.5, 0.6) is 0 Å². The van der Waals surface area contributed by atoms with E-state index < -0.39 is 0 Å². The molecule has 0 spiro atoms. The Bertz CT molecular complexity index is 841. The number of hydrogen-bond donors (Lipinski definition) is 2. The number of H-pyrrole nitrogens is 2. The van der Waals surface area contributed by atoms with Crippen molar-refractivity contribution < 1.29 is 0 Å². The number of alkyl halides is 1. The average Bonchev–Trinajstić information content (AvgIpc) is 2.77. The summed E-state index contributed by atoms with van der Waals surface area (Å²) in [5.74, 6) is 0. The van der Waals surface area contributed by atoms with E-state index in [0.29, 0.717) is 5.02 Å². The van der Waals surface area contributed by atoms with Crippen molar-refractivity contribution in [3.63, 3.8) is 0 Å². The molecule has 3 rings (SSSR count). The molecule has 1 aromatic heterocycles. The fourth-order valence-corrected chi connectivity index (χ4v) is 3.69. The lowest BCUT2D eigenvalue weighted by molar-refractivity contribution is 1.18. The normalized spacial score (nSPS) is 12.8. The first-order valence-electron chi connectivity index (χ1n) is 5.85. The Hall–Kier alpha value is -1.04. The highest BCUT2D eigenvalue weighted by Crippen LogP contribution is 2.36. The van der Waals surface area contributed by atoms with Crippen molar-refractivity contribution >= 4 is 54.5 Å². The minimum Gasteiger partial charge on any atom is -0.306 e. The molecule has 1 unspecified atom stereocenters. The molecule has 0 radical (unpaired) electrons. The number of nitrogens with one attached hydrogen (secondary N) is 2. The summed E-state index contributed by atoms with van der Waals surface area (Å²) in [4.78, 5) is 16.7. The van der Waals surface area contributed by atoms with Crippen LogP contribution < -0.4 is 5.69 Å². The maximum absolute atomic E-state index is 11.3. The Morgan fingerprint density at radius 1 is 1.05 bits per heavy atom. The van der Waals surface area contributed by atoms with Crippen molar-refractivity contribution in [2.45, 2.75) is 4.83 Å². The van der Waals surface area contributed by atoms with Gasteiger partial charge in [-0.15, -0.1) is 0 Å². The van der Waals surface area contributed by atoms with Crippen LogP contribution >= 0.6 is 43.5 Å². The third-order valence-corrected chi connectivity index (χ3v) is 4.91. The zero-order valence-electron chi connectivity index (χ0n) is 10.1. The molecule has 0 aliphatic rings. The van der Waals surface area contributed by atoms with Crippen molar-refractivity contribution in [3.05, 3.63) is 67.5 Å². The van der Waals surface area contributed by atoms with Gasteiger partial charge in [0.15, 0.2) is 0 Å². The summed E-state index contributed by atoms with van der Waals surface area (Å²) in [6.45, 7) is 0. The third-order valence-electron chi connectivity index (χ3n) is 3.07. The van der Waals surface area contributed by atoms with E-state index in [1.165, 1.54) is 0 Å². The van der Waals surface area contributed by atoms with E-state index in [-0.39, 0.29) is 10.5 Å². The summed E-state index contributed by atoms with van der Waals surface area (Å²) in [6.07, 6.45) is 0. The summed E-state index contributed by atoms with van der Waals surface area (Å²) in [5, 5.41) is 0.684. The van der Waals surface area contributed by atoms with Crippen molar-refractivity contribution in [1.82, 2.24) is 9.97 Å². The molecule has 0 aliphatic heterocycles. The molecule has 2 aromatic carbocycles. The average molecular weight is 417 g/mol. The number of halogens is 3. The van der Waals surface area contributed by atoms with Crippen LogP contribution in [-0.2, 0) is 0 Å². The fourth-order valence-electron chi connectivity index (χ4n) is 2.09. The van der Waals surface area contributed by atoms with Gasteiger partial charge in [0.2, 0.25) is 0 Å². The topological polar surface area (TPSA) is 48.6 Å². The lowest BCUT2D eigenvalue weighted by Gasteiger charge is -2.13. The van der Waals surface area contributed by atoms with Crippen LogP contribution in [0.15, 0.2) is 45.7 Å². The second-order valence-corrected chi connectivity index (χ2v) is 6.65. The van der Waals surface area contributed by atoms with Crippen LogP contribution in [0.25, 0.3) is 11.0 Å². The van der Waals surface area contributed by atoms with Gasteiger partial charge in [0.1, 0.15) is 0 Å². The molecule has 6 heteroatoms. The number of aromatic amines is 2. The summed E-state index contributed by atoms with van der Waals surface area (Å²) >= 11 is 13.3. The smallest absolute Gasteiger partial charge is 0.306 e. The van der Waals surface area contributed by atoms with Gasteiger partial charge < -0.3 is 9.97 Å². The molecule has 0 bridgehead atoms. The molecule has 3 aromatic rings. The van der Waals surface area contributed by atoms with Gasteiger partial charge in [-0.2, -0.15) is 0 Å². The van der Waals surface area contributed by atoms with E-state index in [2.05, 4.69) is 41.8 Å². The molecule has 3 nitrogen and oxygen atoms in total. The molecule has 0 saturated carbocycles. The minimum atomic E-state index is -0.204. The zero-order valence-corrected chi connectivity index (χ0v) is 14.0. The Balaban J connectivity index is 2.06. The maximum Gasteiger partial charge on any atom is 0.323 e. The predicted octanol–water partition coefficient (Wildman–Crippen LogP) is 4.76. The molecule has 0 amide bonds. The van der Waals surface area contributed by atoms with Gasteiger partial charge in [0, 0.05) is 9.50 Å². The number of rotatable bonds is 2. The zero-order chi connectivity index (χ0) is 14.3. The molecule has 20 heavy (non-hydrogen) atoms. The van der Waals surface area contributed by atoms with Gasteiger partial charge in [0.05, 0.1) is 15.9 Å². The van der Waals surface area contributed by atoms with E-state index in [9.17, 15) is 4.79 Å². The van der Waals surface area contributed by atoms with Crippen LogP contribution in [-0.4, -0.2) is 9.97 Å². The van der Waals surface area contributed by atoms with Crippen LogP contribution in [0.3, 0.4) is 0 Å². The molecule has 0 fully saturated rings. The highest BCUT2D eigenvalue weighted by Gasteiger charge is 2.15. The predicted molar refractivity (Wildman–Crippen MR) is 88.8 cm³/mol. The van der Waals surface area contributed by atoms with Crippen molar-refractivity contribution in [1.29, 1.82) is 0 Å². The van der Waals surface area contributed by atoms with Crippen molar-refractivity contribution in [2.75, 3.05) is 0 Å². The SMILES string of the molecule is O=c1[nH]c2ccc(C(Br)c3ccc(Br)cc3Cl)cc2[nH]1.